The SMILES string of the molecule is CCCCCCC/C=C\C/C=C\C/C=C\CCC(=O)OC(COC(=O)CCCCCCCCCCCCCCCCC)COP(=O)(O)OCCN. The van der Waals surface area contributed by atoms with Crippen LogP contribution in [0.2, 0.25) is 0 Å². The quantitative estimate of drug-likeness (QED) is 0.0274. The van der Waals surface area contributed by atoms with Gasteiger partial charge in [0, 0.05) is 19.4 Å². The predicted molar refractivity (Wildman–Crippen MR) is 210 cm³/mol. The van der Waals surface area contributed by atoms with Crippen molar-refractivity contribution in [2.75, 3.05) is 26.4 Å². The summed E-state index contributed by atoms with van der Waals surface area (Å²) in [5, 5.41) is 0. The first kappa shape index (κ1) is 49.2. The lowest BCUT2D eigenvalue weighted by Crippen LogP contribution is -2.29. The van der Waals surface area contributed by atoms with Crippen molar-refractivity contribution < 1.29 is 37.6 Å². The molecule has 10 heteroatoms. The lowest BCUT2D eigenvalue weighted by Gasteiger charge is -2.19. The normalized spacial score (nSPS) is 13.7. The molecule has 3 N–H and O–H groups in total. The van der Waals surface area contributed by atoms with Gasteiger partial charge < -0.3 is 20.1 Å². The van der Waals surface area contributed by atoms with E-state index < -0.39 is 32.5 Å². The fourth-order valence-electron chi connectivity index (χ4n) is 5.49. The number of phosphoric acid groups is 1. The van der Waals surface area contributed by atoms with Crippen molar-refractivity contribution in [2.45, 2.75) is 187 Å². The number of carbonyl (C=O) groups excluding carboxylic acids is 2. The number of carbonyl (C=O) groups is 2. The number of phosphoric ester groups is 1. The van der Waals surface area contributed by atoms with Crippen LogP contribution in [0.25, 0.3) is 0 Å². The Morgan fingerprint density at radius 2 is 1.06 bits per heavy atom. The van der Waals surface area contributed by atoms with Gasteiger partial charge in [-0.1, -0.05) is 166 Å². The van der Waals surface area contributed by atoms with Crippen LogP contribution in [0.4, 0.5) is 0 Å². The Morgan fingerprint density at radius 1 is 0.588 bits per heavy atom. The van der Waals surface area contributed by atoms with Crippen LogP contribution in [0.15, 0.2) is 36.5 Å². The summed E-state index contributed by atoms with van der Waals surface area (Å²) in [6.07, 6.45) is 40.5. The van der Waals surface area contributed by atoms with E-state index in [9.17, 15) is 19.0 Å². The second-order valence-corrected chi connectivity index (χ2v) is 15.0. The monoisotopic (exact) mass is 742 g/mol. The highest BCUT2D eigenvalue weighted by Crippen LogP contribution is 2.43. The van der Waals surface area contributed by atoms with Crippen LogP contribution in [0, 0.1) is 0 Å². The van der Waals surface area contributed by atoms with Gasteiger partial charge in [-0.3, -0.25) is 18.6 Å². The average Bonchev–Trinajstić information content (AvgIpc) is 3.11. The maximum Gasteiger partial charge on any atom is 0.472 e. The van der Waals surface area contributed by atoms with Crippen molar-refractivity contribution in [2.24, 2.45) is 5.73 Å². The number of ether oxygens (including phenoxy) is 2. The third kappa shape index (κ3) is 37.8. The van der Waals surface area contributed by atoms with E-state index in [1.807, 2.05) is 12.2 Å². The molecular weight excluding hydrogens is 665 g/mol. The van der Waals surface area contributed by atoms with Crippen molar-refractivity contribution in [3.63, 3.8) is 0 Å². The molecule has 0 spiro atoms. The lowest BCUT2D eigenvalue weighted by atomic mass is 10.0. The topological polar surface area (TPSA) is 134 Å². The van der Waals surface area contributed by atoms with Crippen LogP contribution in [-0.4, -0.2) is 49.3 Å². The molecule has 0 heterocycles. The molecule has 0 aliphatic rings. The van der Waals surface area contributed by atoms with E-state index in [4.69, 9.17) is 24.3 Å². The molecule has 0 rings (SSSR count). The van der Waals surface area contributed by atoms with Crippen molar-refractivity contribution in [1.29, 1.82) is 0 Å². The summed E-state index contributed by atoms with van der Waals surface area (Å²) in [7, 11) is -4.39. The molecule has 0 aromatic carbocycles. The van der Waals surface area contributed by atoms with E-state index in [0.717, 1.165) is 38.5 Å². The molecule has 0 saturated heterocycles. The Hall–Kier alpha value is -1.77. The van der Waals surface area contributed by atoms with Crippen LogP contribution in [-0.2, 0) is 32.7 Å². The molecule has 298 valence electrons. The van der Waals surface area contributed by atoms with Gasteiger partial charge >= 0.3 is 19.8 Å². The van der Waals surface area contributed by atoms with E-state index in [1.165, 1.54) is 109 Å². The van der Waals surface area contributed by atoms with Crippen LogP contribution in [0.3, 0.4) is 0 Å². The third-order valence-electron chi connectivity index (χ3n) is 8.54. The highest BCUT2D eigenvalue weighted by atomic mass is 31.2. The van der Waals surface area contributed by atoms with Gasteiger partial charge in [-0.05, 0) is 38.5 Å². The number of hydrogen-bond acceptors (Lipinski definition) is 8. The van der Waals surface area contributed by atoms with E-state index in [2.05, 4.69) is 38.2 Å². The summed E-state index contributed by atoms with van der Waals surface area (Å²) in [5.41, 5.74) is 5.33. The fraction of sp³-hybridized carbons (Fsp3) is 0.805. The Kier molecular flexibility index (Phi) is 36.7. The zero-order chi connectivity index (χ0) is 37.5. The highest BCUT2D eigenvalue weighted by molar-refractivity contribution is 7.47. The molecular formula is C41H76NO8P. The van der Waals surface area contributed by atoms with E-state index in [0.29, 0.717) is 6.42 Å². The number of allylic oxidation sites excluding steroid dienone is 6. The second kappa shape index (κ2) is 38.0. The summed E-state index contributed by atoms with van der Waals surface area (Å²) >= 11 is 0. The summed E-state index contributed by atoms with van der Waals surface area (Å²) in [4.78, 5) is 34.7. The Balaban J connectivity index is 4.27. The molecule has 0 aromatic rings. The summed E-state index contributed by atoms with van der Waals surface area (Å²) in [6.45, 7) is 3.65. The van der Waals surface area contributed by atoms with Crippen molar-refractivity contribution in [3.8, 4) is 0 Å². The van der Waals surface area contributed by atoms with Crippen LogP contribution in [0.5, 0.6) is 0 Å². The molecule has 0 amide bonds. The number of unbranched alkanes of at least 4 members (excludes halogenated alkanes) is 19. The van der Waals surface area contributed by atoms with Gasteiger partial charge in [0.25, 0.3) is 0 Å². The average molecular weight is 742 g/mol. The van der Waals surface area contributed by atoms with Gasteiger partial charge in [0.1, 0.15) is 6.61 Å². The molecule has 9 nitrogen and oxygen atoms in total. The highest BCUT2D eigenvalue weighted by Gasteiger charge is 2.25. The van der Waals surface area contributed by atoms with Gasteiger partial charge in [-0.2, -0.15) is 0 Å². The van der Waals surface area contributed by atoms with Gasteiger partial charge in [-0.15, -0.1) is 0 Å². The van der Waals surface area contributed by atoms with E-state index in [-0.39, 0.29) is 32.6 Å². The molecule has 0 radical (unpaired) electrons. The van der Waals surface area contributed by atoms with Gasteiger partial charge in [-0.25, -0.2) is 4.57 Å². The van der Waals surface area contributed by atoms with Gasteiger partial charge in [0.2, 0.25) is 0 Å². The number of rotatable bonds is 38. The number of nitrogens with two attached hydrogens (primary N) is 1. The van der Waals surface area contributed by atoms with Crippen LogP contribution in [0.1, 0.15) is 181 Å². The lowest BCUT2D eigenvalue weighted by molar-refractivity contribution is -0.161. The van der Waals surface area contributed by atoms with Crippen molar-refractivity contribution in [1.82, 2.24) is 0 Å². The first-order valence-electron chi connectivity index (χ1n) is 20.5. The first-order chi connectivity index (χ1) is 24.8. The minimum atomic E-state index is -4.39. The molecule has 0 fully saturated rings. The second-order valence-electron chi connectivity index (χ2n) is 13.5. The zero-order valence-electron chi connectivity index (χ0n) is 32.6. The Labute approximate surface area is 312 Å². The molecule has 2 atom stereocenters. The summed E-state index contributed by atoms with van der Waals surface area (Å²) in [6, 6.07) is 0. The first-order valence-corrected chi connectivity index (χ1v) is 22.0. The minimum Gasteiger partial charge on any atom is -0.462 e. The Bertz CT molecular complexity index is 939. The summed E-state index contributed by atoms with van der Waals surface area (Å²) < 4.78 is 32.6. The fourth-order valence-corrected chi connectivity index (χ4v) is 6.25. The van der Waals surface area contributed by atoms with E-state index >= 15 is 0 Å². The maximum absolute atomic E-state index is 12.5. The van der Waals surface area contributed by atoms with Crippen molar-refractivity contribution >= 4 is 19.8 Å². The van der Waals surface area contributed by atoms with Gasteiger partial charge in [0.05, 0.1) is 13.2 Å². The molecule has 0 bridgehead atoms. The molecule has 0 aliphatic heterocycles. The zero-order valence-corrected chi connectivity index (χ0v) is 33.5. The number of hydrogen-bond donors (Lipinski definition) is 2. The smallest absolute Gasteiger partial charge is 0.462 e. The minimum absolute atomic E-state index is 0.0445. The molecule has 0 saturated carbocycles. The molecule has 2 unspecified atom stereocenters. The van der Waals surface area contributed by atoms with Crippen molar-refractivity contribution in [3.05, 3.63) is 36.5 Å². The van der Waals surface area contributed by atoms with Gasteiger partial charge in [0.15, 0.2) is 6.10 Å². The molecule has 51 heavy (non-hydrogen) atoms. The predicted octanol–water partition coefficient (Wildman–Crippen LogP) is 11.4. The largest absolute Gasteiger partial charge is 0.472 e. The van der Waals surface area contributed by atoms with Crippen LogP contribution < -0.4 is 5.73 Å². The van der Waals surface area contributed by atoms with E-state index in [1.54, 1.807) is 0 Å². The van der Waals surface area contributed by atoms with Crippen LogP contribution >= 0.6 is 7.82 Å². The standard InChI is InChI=1S/C41H76NO8P/c1-3-5-7-9-11-13-15-17-19-21-23-25-27-29-31-33-40(43)47-37-39(38-49-51(45,46)48-36-35-42)50-41(44)34-32-30-28-26-24-22-20-18-16-14-12-10-8-6-4-2/h16,18,22,24,28,30,39H,3-15,17,19-21,23,25-27,29,31-38,42H2,1-2H3,(H,45,46)/b18-16-,24-22-,30-28-. The number of esters is 2. The Morgan fingerprint density at radius 3 is 1.59 bits per heavy atom. The molecule has 0 aliphatic carbocycles. The third-order valence-corrected chi connectivity index (χ3v) is 9.53. The summed E-state index contributed by atoms with van der Waals surface area (Å²) in [5.74, 6) is -0.913. The maximum atomic E-state index is 12.5. The molecule has 0 aromatic heterocycles.